The monoisotopic (exact) mass is 358 g/mol. The lowest BCUT2D eigenvalue weighted by atomic mass is 9.96. The Morgan fingerprint density at radius 2 is 2.00 bits per heavy atom. The normalized spacial score (nSPS) is 16.3. The van der Waals surface area contributed by atoms with E-state index in [0.29, 0.717) is 6.04 Å². The molecule has 0 bridgehead atoms. The van der Waals surface area contributed by atoms with Crippen molar-refractivity contribution in [2.24, 2.45) is 0 Å². The third kappa shape index (κ3) is 3.86. The van der Waals surface area contributed by atoms with Crippen LogP contribution in [0.4, 0.5) is 10.5 Å². The molecule has 1 fully saturated rings. The quantitative estimate of drug-likeness (QED) is 0.770. The molecule has 2 amide bonds. The maximum atomic E-state index is 11.9. The lowest BCUT2D eigenvalue weighted by molar-refractivity contribution is 0.244. The fraction of sp³-hybridized carbons (Fsp3) is 0.500. The fourth-order valence-corrected chi connectivity index (χ4v) is 3.00. The molecule has 1 saturated carbocycles. The summed E-state index contributed by atoms with van der Waals surface area (Å²) in [5.41, 5.74) is 1.99. The molecule has 1 aliphatic carbocycles. The standard InChI is InChI=1S/C14H19IN2O/c1-10-9-11(15)7-8-13(10)17-14(18)16-12-5-3-2-4-6-12/h7-9,12H,2-6H2,1H3,(H2,16,17,18). The summed E-state index contributed by atoms with van der Waals surface area (Å²) in [6, 6.07) is 6.30. The highest BCUT2D eigenvalue weighted by Crippen LogP contribution is 2.19. The predicted octanol–water partition coefficient (Wildman–Crippen LogP) is 4.05. The SMILES string of the molecule is Cc1cc(I)ccc1NC(=O)NC1CCCCC1. The number of benzene rings is 1. The van der Waals surface area contributed by atoms with Crippen LogP contribution in [0.25, 0.3) is 0 Å². The van der Waals surface area contributed by atoms with Crippen molar-refractivity contribution in [3.8, 4) is 0 Å². The molecule has 0 spiro atoms. The number of rotatable bonds is 2. The van der Waals surface area contributed by atoms with Crippen molar-refractivity contribution in [3.05, 3.63) is 27.3 Å². The van der Waals surface area contributed by atoms with E-state index in [4.69, 9.17) is 0 Å². The first-order chi connectivity index (χ1) is 8.65. The van der Waals surface area contributed by atoms with Gasteiger partial charge >= 0.3 is 6.03 Å². The van der Waals surface area contributed by atoms with Crippen LogP contribution in [0.2, 0.25) is 0 Å². The molecule has 2 rings (SSSR count). The highest BCUT2D eigenvalue weighted by Gasteiger charge is 2.15. The van der Waals surface area contributed by atoms with E-state index < -0.39 is 0 Å². The average molecular weight is 358 g/mol. The van der Waals surface area contributed by atoms with Gasteiger partial charge in [-0.15, -0.1) is 0 Å². The van der Waals surface area contributed by atoms with Crippen LogP contribution in [-0.2, 0) is 0 Å². The molecule has 0 atom stereocenters. The second-order valence-electron chi connectivity index (χ2n) is 4.89. The number of hydrogen-bond donors (Lipinski definition) is 2. The van der Waals surface area contributed by atoms with E-state index in [1.807, 2.05) is 19.1 Å². The smallest absolute Gasteiger partial charge is 0.319 e. The van der Waals surface area contributed by atoms with Gasteiger partial charge in [-0.1, -0.05) is 19.3 Å². The third-order valence-corrected chi connectivity index (χ3v) is 4.05. The van der Waals surface area contributed by atoms with E-state index in [0.717, 1.165) is 24.1 Å². The Labute approximate surface area is 122 Å². The van der Waals surface area contributed by atoms with Crippen LogP contribution in [0.3, 0.4) is 0 Å². The van der Waals surface area contributed by atoms with E-state index in [9.17, 15) is 4.79 Å². The van der Waals surface area contributed by atoms with Crippen LogP contribution in [0.5, 0.6) is 0 Å². The Balaban J connectivity index is 1.90. The fourth-order valence-electron chi connectivity index (χ4n) is 2.36. The highest BCUT2D eigenvalue weighted by atomic mass is 127. The Morgan fingerprint density at radius 3 is 2.67 bits per heavy atom. The predicted molar refractivity (Wildman–Crippen MR) is 82.9 cm³/mol. The number of amides is 2. The maximum Gasteiger partial charge on any atom is 0.319 e. The number of hydrogen-bond acceptors (Lipinski definition) is 1. The van der Waals surface area contributed by atoms with Crippen molar-refractivity contribution in [2.75, 3.05) is 5.32 Å². The van der Waals surface area contributed by atoms with Gasteiger partial charge in [-0.3, -0.25) is 0 Å². The van der Waals surface area contributed by atoms with Crippen LogP contribution in [0.1, 0.15) is 37.7 Å². The van der Waals surface area contributed by atoms with Gasteiger partial charge in [0, 0.05) is 15.3 Å². The maximum absolute atomic E-state index is 11.9. The zero-order valence-electron chi connectivity index (χ0n) is 10.6. The Kier molecular flexibility index (Phi) is 4.86. The van der Waals surface area contributed by atoms with E-state index in [2.05, 4.69) is 39.3 Å². The van der Waals surface area contributed by atoms with Crippen molar-refractivity contribution in [1.29, 1.82) is 0 Å². The van der Waals surface area contributed by atoms with Gasteiger partial charge in [0.1, 0.15) is 0 Å². The first kappa shape index (κ1) is 13.6. The minimum Gasteiger partial charge on any atom is -0.335 e. The Bertz CT molecular complexity index is 428. The summed E-state index contributed by atoms with van der Waals surface area (Å²) in [5, 5.41) is 5.99. The van der Waals surface area contributed by atoms with Crippen LogP contribution >= 0.6 is 22.6 Å². The van der Waals surface area contributed by atoms with Crippen molar-refractivity contribution in [3.63, 3.8) is 0 Å². The lowest BCUT2D eigenvalue weighted by Crippen LogP contribution is -2.39. The van der Waals surface area contributed by atoms with Gasteiger partial charge in [-0.25, -0.2) is 4.79 Å². The first-order valence-electron chi connectivity index (χ1n) is 6.49. The van der Waals surface area contributed by atoms with E-state index in [1.165, 1.54) is 22.8 Å². The van der Waals surface area contributed by atoms with Crippen LogP contribution in [-0.4, -0.2) is 12.1 Å². The number of anilines is 1. The van der Waals surface area contributed by atoms with E-state index in [1.54, 1.807) is 0 Å². The van der Waals surface area contributed by atoms with Crippen molar-refractivity contribution < 1.29 is 4.79 Å². The molecule has 3 nitrogen and oxygen atoms in total. The summed E-state index contributed by atoms with van der Waals surface area (Å²) in [6.07, 6.45) is 5.98. The number of carbonyl (C=O) groups is 1. The van der Waals surface area contributed by atoms with Gasteiger partial charge in [0.05, 0.1) is 0 Å². The first-order valence-corrected chi connectivity index (χ1v) is 7.57. The Morgan fingerprint density at radius 1 is 1.28 bits per heavy atom. The summed E-state index contributed by atoms with van der Waals surface area (Å²) in [5.74, 6) is 0. The molecule has 0 aromatic heterocycles. The summed E-state index contributed by atoms with van der Waals surface area (Å²) in [6.45, 7) is 2.01. The summed E-state index contributed by atoms with van der Waals surface area (Å²) in [4.78, 5) is 11.9. The Hall–Kier alpha value is -0.780. The molecular weight excluding hydrogens is 339 g/mol. The zero-order chi connectivity index (χ0) is 13.0. The molecule has 2 N–H and O–H groups in total. The number of carbonyl (C=O) groups excluding carboxylic acids is 1. The second-order valence-corrected chi connectivity index (χ2v) is 6.14. The van der Waals surface area contributed by atoms with Crippen molar-refractivity contribution in [2.45, 2.75) is 45.1 Å². The molecule has 1 aromatic carbocycles. The molecule has 18 heavy (non-hydrogen) atoms. The average Bonchev–Trinajstić information content (AvgIpc) is 2.34. The highest BCUT2D eigenvalue weighted by molar-refractivity contribution is 14.1. The summed E-state index contributed by atoms with van der Waals surface area (Å²) >= 11 is 2.27. The number of aryl methyl sites for hydroxylation is 1. The van der Waals surface area contributed by atoms with Crippen LogP contribution in [0, 0.1) is 10.5 Å². The van der Waals surface area contributed by atoms with Gasteiger partial charge in [-0.05, 0) is 66.1 Å². The van der Waals surface area contributed by atoms with Gasteiger partial charge in [0.2, 0.25) is 0 Å². The molecular formula is C14H19IN2O. The molecule has 0 saturated heterocycles. The molecule has 0 radical (unpaired) electrons. The van der Waals surface area contributed by atoms with E-state index >= 15 is 0 Å². The molecule has 4 heteroatoms. The van der Waals surface area contributed by atoms with Gasteiger partial charge in [0.15, 0.2) is 0 Å². The molecule has 0 unspecified atom stereocenters. The van der Waals surface area contributed by atoms with Gasteiger partial charge in [-0.2, -0.15) is 0 Å². The lowest BCUT2D eigenvalue weighted by Gasteiger charge is -2.23. The molecule has 1 aromatic rings. The molecule has 0 aliphatic heterocycles. The van der Waals surface area contributed by atoms with Crippen molar-refractivity contribution in [1.82, 2.24) is 5.32 Å². The minimum atomic E-state index is -0.0776. The molecule has 1 aliphatic rings. The van der Waals surface area contributed by atoms with Gasteiger partial charge < -0.3 is 10.6 Å². The topological polar surface area (TPSA) is 41.1 Å². The molecule has 98 valence electrons. The largest absolute Gasteiger partial charge is 0.335 e. The van der Waals surface area contributed by atoms with Crippen LogP contribution < -0.4 is 10.6 Å². The summed E-state index contributed by atoms with van der Waals surface area (Å²) < 4.78 is 1.18. The third-order valence-electron chi connectivity index (χ3n) is 3.38. The minimum absolute atomic E-state index is 0.0776. The van der Waals surface area contributed by atoms with Gasteiger partial charge in [0.25, 0.3) is 0 Å². The number of nitrogens with one attached hydrogen (secondary N) is 2. The number of halogens is 1. The second kappa shape index (κ2) is 6.41. The zero-order valence-corrected chi connectivity index (χ0v) is 12.8. The molecule has 0 heterocycles. The number of urea groups is 1. The van der Waals surface area contributed by atoms with Crippen molar-refractivity contribution >= 4 is 34.3 Å². The summed E-state index contributed by atoms with van der Waals surface area (Å²) in [7, 11) is 0. The van der Waals surface area contributed by atoms with E-state index in [-0.39, 0.29) is 6.03 Å². The van der Waals surface area contributed by atoms with Crippen LogP contribution in [0.15, 0.2) is 18.2 Å².